The third-order valence-electron chi connectivity index (χ3n) is 7.91. The molecule has 0 radical (unpaired) electrons. The highest BCUT2D eigenvalue weighted by molar-refractivity contribution is 7.94. The Morgan fingerprint density at radius 2 is 1.72 bits per heavy atom. The standard InChI is InChI=1S/C28H45N3O9S3/c1-9-29-35-38-40-42-23-19-22-15-16-24-27(26(22)25(20-23)43(32,33)36-31(10-2,11-3)12-4)28(6,7)21(5)30(24)17-13-14-18-41-39-37-34-8/h15-16,19-20,29H,9-14,17-18H2,1-8H3/q+2. The minimum absolute atomic E-state index is 0.0236. The quantitative estimate of drug-likeness (QED) is 0.0442. The minimum Gasteiger partial charge on any atom is -0.209 e. The largest absolute Gasteiger partial charge is 0.343 e. The van der Waals surface area contributed by atoms with Crippen molar-refractivity contribution in [3.05, 3.63) is 29.8 Å². The van der Waals surface area contributed by atoms with Crippen molar-refractivity contribution >= 4 is 56.4 Å². The van der Waals surface area contributed by atoms with Gasteiger partial charge in [0.15, 0.2) is 5.71 Å². The normalized spacial score (nSPS) is 15.1. The highest BCUT2D eigenvalue weighted by atomic mass is 32.2. The summed E-state index contributed by atoms with van der Waals surface area (Å²) in [7, 11) is -2.85. The van der Waals surface area contributed by atoms with Crippen molar-refractivity contribution in [3.8, 4) is 0 Å². The third kappa shape index (κ3) is 8.48. The number of hydrogen-bond donors (Lipinski definition) is 1. The second-order valence-electron chi connectivity index (χ2n) is 10.5. The SMILES string of the molecule is CCNOOOSc1cc(S(=O)(=O)O[N+](CC)(CC)CC)c2c3c(ccc2c1)[N+](CCCCSOOOC)=C(C)C3(C)C. The Morgan fingerprint density at radius 1 is 1.00 bits per heavy atom. The number of nitrogens with one attached hydrogen (secondary N) is 1. The predicted molar refractivity (Wildman–Crippen MR) is 166 cm³/mol. The Hall–Kier alpha value is -1.34. The van der Waals surface area contributed by atoms with Gasteiger partial charge in [-0.05, 0) is 69.7 Å². The smallest absolute Gasteiger partial charge is 0.209 e. The molecular formula is C28H45N3O9S3+2. The lowest BCUT2D eigenvalue weighted by Crippen LogP contribution is -2.48. The number of nitrogens with zero attached hydrogens (tertiary/aromatic N) is 2. The highest BCUT2D eigenvalue weighted by Crippen LogP contribution is 2.47. The zero-order chi connectivity index (χ0) is 31.7. The number of fused-ring (bicyclic) bond motifs is 3. The van der Waals surface area contributed by atoms with E-state index in [1.807, 2.05) is 39.8 Å². The van der Waals surface area contributed by atoms with Crippen LogP contribution in [0.5, 0.6) is 0 Å². The molecular weight excluding hydrogens is 619 g/mol. The number of rotatable bonds is 20. The van der Waals surface area contributed by atoms with Crippen molar-refractivity contribution in [3.63, 3.8) is 0 Å². The second-order valence-corrected chi connectivity index (χ2v) is 13.6. The molecule has 15 heteroatoms. The molecule has 3 rings (SSSR count). The summed E-state index contributed by atoms with van der Waals surface area (Å²) < 4.78 is 46.6. The molecule has 2 aromatic carbocycles. The van der Waals surface area contributed by atoms with Gasteiger partial charge in [-0.15, -0.1) is 13.7 Å². The molecule has 0 aliphatic carbocycles. The van der Waals surface area contributed by atoms with Gasteiger partial charge in [0.25, 0.3) is 0 Å². The summed E-state index contributed by atoms with van der Waals surface area (Å²) in [5, 5.41) is 10.5. The number of quaternary nitrogens is 1. The third-order valence-corrected chi connectivity index (χ3v) is 10.4. The first kappa shape index (κ1) is 36.1. The number of hydroxylamine groups is 4. The Balaban J connectivity index is 2.08. The molecule has 0 unspecified atom stereocenters. The zero-order valence-electron chi connectivity index (χ0n) is 26.3. The lowest BCUT2D eigenvalue weighted by Gasteiger charge is -2.31. The molecule has 1 aliphatic heterocycles. The maximum absolute atomic E-state index is 14.2. The van der Waals surface area contributed by atoms with E-state index in [0.29, 0.717) is 36.5 Å². The molecule has 0 saturated carbocycles. The monoisotopic (exact) mass is 663 g/mol. The summed E-state index contributed by atoms with van der Waals surface area (Å²) in [4.78, 5) is 9.75. The van der Waals surface area contributed by atoms with Gasteiger partial charge in [0.05, 0.1) is 24.6 Å². The van der Waals surface area contributed by atoms with Gasteiger partial charge in [-0.25, -0.2) is 4.89 Å². The number of benzene rings is 2. The van der Waals surface area contributed by atoms with Crippen molar-refractivity contribution < 1.29 is 50.5 Å². The first-order valence-corrected chi connectivity index (χ1v) is 17.5. The van der Waals surface area contributed by atoms with E-state index in [1.165, 1.54) is 19.2 Å². The second kappa shape index (κ2) is 16.3. The molecule has 0 amide bonds. The molecule has 242 valence electrons. The van der Waals surface area contributed by atoms with Crippen molar-refractivity contribution in [1.82, 2.24) is 5.48 Å². The first-order chi connectivity index (χ1) is 20.5. The van der Waals surface area contributed by atoms with Gasteiger partial charge < -0.3 is 0 Å². The lowest BCUT2D eigenvalue weighted by atomic mass is 9.80. The lowest BCUT2D eigenvalue weighted by molar-refractivity contribution is -1.08. The average molecular weight is 664 g/mol. The van der Waals surface area contributed by atoms with Gasteiger partial charge >= 0.3 is 10.1 Å². The first-order valence-electron chi connectivity index (χ1n) is 14.5. The zero-order valence-corrected chi connectivity index (χ0v) is 28.7. The Kier molecular flexibility index (Phi) is 13.7. The van der Waals surface area contributed by atoms with Crippen LogP contribution in [0, 0.1) is 0 Å². The Labute approximate surface area is 263 Å². The van der Waals surface area contributed by atoms with E-state index in [9.17, 15) is 8.42 Å². The van der Waals surface area contributed by atoms with Crippen LogP contribution in [0.2, 0.25) is 0 Å². The van der Waals surface area contributed by atoms with Crippen LogP contribution in [0.3, 0.4) is 0 Å². The van der Waals surface area contributed by atoms with E-state index < -0.39 is 15.5 Å². The molecule has 0 atom stereocenters. The number of unbranched alkanes of at least 4 members (excludes halogenated alkanes) is 1. The summed E-state index contributed by atoms with van der Waals surface area (Å²) in [5.74, 6) is 0.738. The van der Waals surface area contributed by atoms with Crippen LogP contribution in [0.15, 0.2) is 34.1 Å². The fraction of sp³-hybridized carbons (Fsp3) is 0.607. The predicted octanol–water partition coefficient (Wildman–Crippen LogP) is 6.08. The molecule has 2 aromatic rings. The van der Waals surface area contributed by atoms with Crippen LogP contribution in [-0.2, 0) is 48.4 Å². The van der Waals surface area contributed by atoms with E-state index >= 15 is 0 Å². The summed E-state index contributed by atoms with van der Waals surface area (Å²) in [6.07, 6.45) is 1.79. The van der Waals surface area contributed by atoms with Gasteiger partial charge in [0, 0.05) is 59.6 Å². The van der Waals surface area contributed by atoms with Crippen LogP contribution in [0.25, 0.3) is 10.8 Å². The van der Waals surface area contributed by atoms with Crippen molar-refractivity contribution in [1.29, 1.82) is 0 Å². The summed E-state index contributed by atoms with van der Waals surface area (Å²) >= 11 is 2.04. The fourth-order valence-electron chi connectivity index (χ4n) is 5.22. The van der Waals surface area contributed by atoms with Crippen molar-refractivity contribution in [2.45, 2.75) is 76.5 Å². The van der Waals surface area contributed by atoms with Gasteiger partial charge in [0.1, 0.15) is 31.1 Å². The van der Waals surface area contributed by atoms with Crippen LogP contribution in [0.4, 0.5) is 5.69 Å². The van der Waals surface area contributed by atoms with E-state index in [4.69, 9.17) is 23.0 Å². The van der Waals surface area contributed by atoms with Crippen LogP contribution in [0.1, 0.15) is 66.9 Å². The average Bonchev–Trinajstić information content (AvgIpc) is 3.19. The van der Waals surface area contributed by atoms with Crippen LogP contribution < -0.4 is 5.48 Å². The van der Waals surface area contributed by atoms with E-state index in [-0.39, 0.29) is 9.54 Å². The molecule has 0 spiro atoms. The Morgan fingerprint density at radius 3 is 2.37 bits per heavy atom. The molecule has 0 saturated heterocycles. The molecule has 0 bridgehead atoms. The summed E-state index contributed by atoms with van der Waals surface area (Å²) in [5.41, 5.74) is 5.15. The Bertz CT molecular complexity index is 1360. The van der Waals surface area contributed by atoms with Crippen molar-refractivity contribution in [2.75, 3.05) is 45.6 Å². The molecule has 12 nitrogen and oxygen atoms in total. The van der Waals surface area contributed by atoms with Gasteiger partial charge in [-0.3, -0.25) is 0 Å². The maximum Gasteiger partial charge on any atom is 0.343 e. The molecule has 0 aromatic heterocycles. The summed E-state index contributed by atoms with van der Waals surface area (Å²) in [6, 6.07) is 7.47. The van der Waals surface area contributed by atoms with Crippen molar-refractivity contribution in [2.24, 2.45) is 0 Å². The molecule has 1 heterocycles. The number of hydrogen-bond acceptors (Lipinski definition) is 12. The molecule has 1 N–H and O–H groups in total. The maximum atomic E-state index is 14.2. The topological polar surface area (TPSA) is 114 Å². The van der Waals surface area contributed by atoms with Gasteiger partial charge in [-0.2, -0.15) is 23.1 Å². The van der Waals surface area contributed by atoms with Gasteiger partial charge in [0.2, 0.25) is 5.69 Å². The molecule has 0 fully saturated rings. The molecule has 43 heavy (non-hydrogen) atoms. The fourth-order valence-corrected chi connectivity index (χ4v) is 7.81. The summed E-state index contributed by atoms with van der Waals surface area (Å²) in [6.45, 7) is 16.8. The minimum atomic E-state index is -4.23. The molecule has 1 aliphatic rings. The van der Waals surface area contributed by atoms with E-state index in [2.05, 4.69) is 46.8 Å². The van der Waals surface area contributed by atoms with Crippen LogP contribution in [-0.4, -0.2) is 68.9 Å². The van der Waals surface area contributed by atoms with Gasteiger partial charge in [-0.1, -0.05) is 16.2 Å². The van der Waals surface area contributed by atoms with E-state index in [0.717, 1.165) is 59.5 Å². The van der Waals surface area contributed by atoms with E-state index in [1.54, 1.807) is 6.07 Å². The van der Waals surface area contributed by atoms with Crippen LogP contribution >= 0.6 is 24.1 Å². The highest BCUT2D eigenvalue weighted by Gasteiger charge is 2.46.